The monoisotopic (exact) mass is 314 g/mol. The fraction of sp³-hybridized carbons (Fsp3) is 0.579. The van der Waals surface area contributed by atoms with Gasteiger partial charge in [0, 0.05) is 30.6 Å². The highest BCUT2D eigenvalue weighted by Gasteiger charge is 2.29. The number of likely N-dealkylation sites (tertiary alicyclic amines) is 1. The highest BCUT2D eigenvalue weighted by molar-refractivity contribution is 5.94. The Labute approximate surface area is 138 Å². The molecule has 1 aliphatic heterocycles. The van der Waals surface area contributed by atoms with Crippen molar-refractivity contribution in [3.8, 4) is 0 Å². The van der Waals surface area contributed by atoms with Crippen molar-refractivity contribution in [1.29, 1.82) is 0 Å². The molecular formula is C19H26N2O2. The van der Waals surface area contributed by atoms with Crippen molar-refractivity contribution in [3.05, 3.63) is 35.4 Å². The first-order valence-corrected chi connectivity index (χ1v) is 8.86. The molecule has 1 aliphatic carbocycles. The summed E-state index contributed by atoms with van der Waals surface area (Å²) in [6.45, 7) is 3.57. The summed E-state index contributed by atoms with van der Waals surface area (Å²) >= 11 is 0. The normalized spacial score (nSPS) is 21.1. The van der Waals surface area contributed by atoms with Crippen LogP contribution in [0, 0.1) is 5.92 Å². The molecule has 23 heavy (non-hydrogen) atoms. The van der Waals surface area contributed by atoms with Crippen LogP contribution in [0.25, 0.3) is 0 Å². The predicted molar refractivity (Wildman–Crippen MR) is 90.0 cm³/mol. The molecule has 124 valence electrons. The van der Waals surface area contributed by atoms with Crippen molar-refractivity contribution in [2.24, 2.45) is 5.92 Å². The van der Waals surface area contributed by atoms with Crippen LogP contribution in [0.4, 0.5) is 0 Å². The second kappa shape index (κ2) is 7.16. The molecule has 1 atom stereocenters. The standard InChI is InChI=1S/C19H26N2O2/c1-2-17-5-3-4-12-21(17)19(23)16-8-6-14(7-9-16)13-20-18(22)15-10-11-15/h6-9,15,17H,2-5,10-13H2,1H3,(H,20,22). The van der Waals surface area contributed by atoms with E-state index in [4.69, 9.17) is 0 Å². The Morgan fingerprint density at radius 1 is 1.13 bits per heavy atom. The first kappa shape index (κ1) is 16.0. The van der Waals surface area contributed by atoms with Crippen LogP contribution in [0.3, 0.4) is 0 Å². The largest absolute Gasteiger partial charge is 0.352 e. The third kappa shape index (κ3) is 3.92. The van der Waals surface area contributed by atoms with Crippen molar-refractivity contribution in [3.63, 3.8) is 0 Å². The summed E-state index contributed by atoms with van der Waals surface area (Å²) in [6, 6.07) is 8.06. The maximum atomic E-state index is 12.7. The summed E-state index contributed by atoms with van der Waals surface area (Å²) in [6.07, 6.45) is 6.52. The van der Waals surface area contributed by atoms with Gasteiger partial charge < -0.3 is 10.2 Å². The van der Waals surface area contributed by atoms with Crippen molar-refractivity contribution < 1.29 is 9.59 Å². The van der Waals surface area contributed by atoms with E-state index in [1.54, 1.807) is 0 Å². The van der Waals surface area contributed by atoms with Crippen LogP contribution < -0.4 is 5.32 Å². The van der Waals surface area contributed by atoms with Crippen LogP contribution >= 0.6 is 0 Å². The van der Waals surface area contributed by atoms with Crippen molar-refractivity contribution in [2.75, 3.05) is 6.54 Å². The maximum absolute atomic E-state index is 12.7. The number of amides is 2. The zero-order valence-electron chi connectivity index (χ0n) is 13.9. The minimum absolute atomic E-state index is 0.144. The van der Waals surface area contributed by atoms with E-state index in [1.807, 2.05) is 29.2 Å². The van der Waals surface area contributed by atoms with Gasteiger partial charge in [-0.15, -0.1) is 0 Å². The van der Waals surface area contributed by atoms with Gasteiger partial charge in [0.2, 0.25) is 5.91 Å². The summed E-state index contributed by atoms with van der Waals surface area (Å²) in [4.78, 5) is 26.4. The lowest BCUT2D eigenvalue weighted by Crippen LogP contribution is -2.43. The number of carbonyl (C=O) groups excluding carboxylic acids is 2. The van der Waals surface area contributed by atoms with Crippen molar-refractivity contribution >= 4 is 11.8 Å². The van der Waals surface area contributed by atoms with E-state index >= 15 is 0 Å². The van der Waals surface area contributed by atoms with Gasteiger partial charge in [-0.25, -0.2) is 0 Å². The van der Waals surface area contributed by atoms with E-state index in [0.717, 1.165) is 49.8 Å². The van der Waals surface area contributed by atoms with Crippen molar-refractivity contribution in [2.45, 2.75) is 58.0 Å². The van der Waals surface area contributed by atoms with Crippen LogP contribution in [0.2, 0.25) is 0 Å². The summed E-state index contributed by atoms with van der Waals surface area (Å²) in [5.74, 6) is 0.537. The average molecular weight is 314 g/mol. The highest BCUT2D eigenvalue weighted by Crippen LogP contribution is 2.28. The number of hydrogen-bond donors (Lipinski definition) is 1. The number of piperidine rings is 1. The van der Waals surface area contributed by atoms with Crippen LogP contribution in [0.1, 0.15) is 61.4 Å². The molecule has 1 saturated carbocycles. The second-order valence-corrected chi connectivity index (χ2v) is 6.75. The summed E-state index contributed by atoms with van der Waals surface area (Å²) in [7, 11) is 0. The van der Waals surface area contributed by atoms with E-state index in [-0.39, 0.29) is 17.7 Å². The summed E-state index contributed by atoms with van der Waals surface area (Å²) in [5, 5.41) is 2.95. The quantitative estimate of drug-likeness (QED) is 0.908. The van der Waals surface area contributed by atoms with Gasteiger partial charge >= 0.3 is 0 Å². The van der Waals surface area contributed by atoms with Crippen LogP contribution in [0.15, 0.2) is 24.3 Å². The molecular weight excluding hydrogens is 288 g/mol. The number of carbonyl (C=O) groups is 2. The van der Waals surface area contributed by atoms with Gasteiger partial charge in [-0.3, -0.25) is 9.59 Å². The molecule has 0 spiro atoms. The Kier molecular flexibility index (Phi) is 4.99. The zero-order valence-corrected chi connectivity index (χ0v) is 13.9. The van der Waals surface area contributed by atoms with E-state index < -0.39 is 0 Å². The first-order valence-electron chi connectivity index (χ1n) is 8.86. The van der Waals surface area contributed by atoms with E-state index in [9.17, 15) is 9.59 Å². The third-order valence-corrected chi connectivity index (χ3v) is 4.98. The highest BCUT2D eigenvalue weighted by atomic mass is 16.2. The number of nitrogens with one attached hydrogen (secondary N) is 1. The lowest BCUT2D eigenvalue weighted by molar-refractivity contribution is -0.122. The molecule has 3 rings (SSSR count). The van der Waals surface area contributed by atoms with Gasteiger partial charge in [0.1, 0.15) is 0 Å². The van der Waals surface area contributed by atoms with E-state index in [0.29, 0.717) is 12.6 Å². The van der Waals surface area contributed by atoms with Gasteiger partial charge in [0.15, 0.2) is 0 Å². The Morgan fingerprint density at radius 2 is 1.87 bits per heavy atom. The Morgan fingerprint density at radius 3 is 2.52 bits per heavy atom. The minimum Gasteiger partial charge on any atom is -0.352 e. The molecule has 2 amide bonds. The van der Waals surface area contributed by atoms with Gasteiger partial charge in [-0.1, -0.05) is 19.1 Å². The second-order valence-electron chi connectivity index (χ2n) is 6.75. The van der Waals surface area contributed by atoms with Crippen LogP contribution in [-0.2, 0) is 11.3 Å². The number of nitrogens with zero attached hydrogens (tertiary/aromatic N) is 1. The fourth-order valence-corrected chi connectivity index (χ4v) is 3.30. The Bertz CT molecular complexity index is 563. The Hall–Kier alpha value is -1.84. The lowest BCUT2D eigenvalue weighted by atomic mass is 9.98. The molecule has 1 saturated heterocycles. The topological polar surface area (TPSA) is 49.4 Å². The molecule has 1 unspecified atom stereocenters. The number of benzene rings is 1. The van der Waals surface area contributed by atoms with Crippen molar-refractivity contribution in [1.82, 2.24) is 10.2 Å². The molecule has 0 aromatic heterocycles. The maximum Gasteiger partial charge on any atom is 0.254 e. The third-order valence-electron chi connectivity index (χ3n) is 4.98. The average Bonchev–Trinajstić information content (AvgIpc) is 3.44. The molecule has 0 bridgehead atoms. The molecule has 4 heteroatoms. The summed E-state index contributed by atoms with van der Waals surface area (Å²) < 4.78 is 0. The smallest absolute Gasteiger partial charge is 0.254 e. The first-order chi connectivity index (χ1) is 11.2. The SMILES string of the molecule is CCC1CCCCN1C(=O)c1ccc(CNC(=O)C2CC2)cc1. The molecule has 0 radical (unpaired) electrons. The number of hydrogen-bond acceptors (Lipinski definition) is 2. The lowest BCUT2D eigenvalue weighted by Gasteiger charge is -2.35. The van der Waals surface area contributed by atoms with Crippen LogP contribution in [-0.4, -0.2) is 29.3 Å². The molecule has 1 aromatic rings. The van der Waals surface area contributed by atoms with Gasteiger partial charge in [0.05, 0.1) is 0 Å². The molecule has 4 nitrogen and oxygen atoms in total. The minimum atomic E-state index is 0.144. The predicted octanol–water partition coefficient (Wildman–Crippen LogP) is 3.12. The van der Waals surface area contributed by atoms with E-state index in [1.165, 1.54) is 6.42 Å². The summed E-state index contributed by atoms with van der Waals surface area (Å²) in [5.41, 5.74) is 1.80. The zero-order chi connectivity index (χ0) is 16.2. The molecule has 1 N–H and O–H groups in total. The molecule has 1 aromatic carbocycles. The number of rotatable bonds is 5. The van der Waals surface area contributed by atoms with Gasteiger partial charge in [0.25, 0.3) is 5.91 Å². The van der Waals surface area contributed by atoms with E-state index in [2.05, 4.69) is 12.2 Å². The van der Waals surface area contributed by atoms with Gasteiger partial charge in [-0.05, 0) is 56.2 Å². The Balaban J connectivity index is 1.59. The fourth-order valence-electron chi connectivity index (χ4n) is 3.30. The molecule has 2 aliphatic rings. The van der Waals surface area contributed by atoms with Crippen LogP contribution in [0.5, 0.6) is 0 Å². The van der Waals surface area contributed by atoms with Gasteiger partial charge in [-0.2, -0.15) is 0 Å². The molecule has 1 heterocycles. The molecule has 2 fully saturated rings.